The lowest BCUT2D eigenvalue weighted by atomic mass is 10.1. The first-order chi connectivity index (χ1) is 6.27. The van der Waals surface area contributed by atoms with Crippen molar-refractivity contribution in [1.29, 1.82) is 0 Å². The molecule has 0 aromatic heterocycles. The molecule has 0 aromatic rings. The van der Waals surface area contributed by atoms with Gasteiger partial charge in [0.2, 0.25) is 7.42 Å². The molecule has 4 heteroatoms. The molecule has 0 saturated carbocycles. The second-order valence-electron chi connectivity index (χ2n) is 3.44. The fourth-order valence-corrected chi connectivity index (χ4v) is 2.85. The number of nitrogens with two attached hydrogens (primary N) is 1. The zero-order chi connectivity index (χ0) is 9.94. The second kappa shape index (κ2) is 10.8. The van der Waals surface area contributed by atoms with Crippen LogP contribution in [-0.4, -0.2) is 14.0 Å². The fourth-order valence-electron chi connectivity index (χ4n) is 1.33. The van der Waals surface area contributed by atoms with Crippen molar-refractivity contribution < 1.29 is 0 Å². The molecule has 0 atom stereocenters. The number of halogens is 2. The number of unbranched alkanes of at least 4 members (excludes halogenated alkanes) is 6. The van der Waals surface area contributed by atoms with Crippen molar-refractivity contribution in [2.24, 2.45) is 5.73 Å². The summed E-state index contributed by atoms with van der Waals surface area (Å²) in [5.41, 5.74) is 5.40. The molecule has 0 bridgehead atoms. The van der Waals surface area contributed by atoms with Crippen molar-refractivity contribution in [2.45, 2.75) is 51.0 Å². The van der Waals surface area contributed by atoms with Crippen molar-refractivity contribution in [1.82, 2.24) is 0 Å². The maximum absolute atomic E-state index is 5.75. The fraction of sp³-hybridized carbons (Fsp3) is 1.00. The normalized spacial score (nSPS) is 11.1. The van der Waals surface area contributed by atoms with Gasteiger partial charge in [-0.3, -0.25) is 0 Å². The van der Waals surface area contributed by atoms with Gasteiger partial charge in [-0.05, 0) is 19.0 Å². The van der Waals surface area contributed by atoms with Gasteiger partial charge in [-0.1, -0.05) is 38.5 Å². The van der Waals surface area contributed by atoms with Crippen molar-refractivity contribution >= 4 is 29.6 Å². The molecule has 13 heavy (non-hydrogen) atoms. The predicted molar refractivity (Wildman–Crippen MR) is 65.0 cm³/mol. The van der Waals surface area contributed by atoms with Crippen LogP contribution in [0, 0.1) is 0 Å². The molecule has 0 unspecified atom stereocenters. The summed E-state index contributed by atoms with van der Waals surface area (Å²) in [5.74, 6) is 0. The lowest BCUT2D eigenvalue weighted by Crippen LogP contribution is -1.97. The van der Waals surface area contributed by atoms with Gasteiger partial charge in [-0.2, -0.15) is 22.2 Å². The van der Waals surface area contributed by atoms with Gasteiger partial charge in [-0.15, -0.1) is 0 Å². The molecular weight excluding hydrogens is 221 g/mol. The molecule has 0 radical (unpaired) electrons. The van der Waals surface area contributed by atoms with Crippen LogP contribution in [0.15, 0.2) is 0 Å². The summed E-state index contributed by atoms with van der Waals surface area (Å²) in [6.07, 6.45) is 9.00. The average molecular weight is 242 g/mol. The van der Waals surface area contributed by atoms with Crippen LogP contribution in [0.2, 0.25) is 6.04 Å². The van der Waals surface area contributed by atoms with E-state index in [0.717, 1.165) is 12.6 Å². The maximum atomic E-state index is 5.75. The molecule has 0 fully saturated rings. The van der Waals surface area contributed by atoms with E-state index in [1.54, 1.807) is 0 Å². The van der Waals surface area contributed by atoms with Gasteiger partial charge in [0.05, 0.1) is 0 Å². The Bertz CT molecular complexity index is 102. The smallest absolute Gasteiger partial charge is 0.237 e. The van der Waals surface area contributed by atoms with Crippen LogP contribution < -0.4 is 5.73 Å². The molecule has 0 aliphatic carbocycles. The highest BCUT2D eigenvalue weighted by molar-refractivity contribution is 7.33. The predicted octanol–water partition coefficient (Wildman–Crippen LogP) is 3.37. The van der Waals surface area contributed by atoms with E-state index in [0.29, 0.717) is 0 Å². The average Bonchev–Trinajstić information content (AvgIpc) is 2.09. The Balaban J connectivity index is 2.84. The van der Waals surface area contributed by atoms with Crippen LogP contribution >= 0.6 is 22.2 Å². The lowest BCUT2D eigenvalue weighted by Gasteiger charge is -2.01. The van der Waals surface area contributed by atoms with Crippen molar-refractivity contribution in [3.8, 4) is 0 Å². The summed E-state index contributed by atoms with van der Waals surface area (Å²) in [4.78, 5) is 0. The van der Waals surface area contributed by atoms with Crippen LogP contribution in [0.1, 0.15) is 44.9 Å². The van der Waals surface area contributed by atoms with E-state index in [4.69, 9.17) is 27.9 Å². The van der Waals surface area contributed by atoms with E-state index < -0.39 is 7.42 Å². The SMILES string of the molecule is NCCCCCCCCC[SiH](Cl)Cl. The molecule has 0 heterocycles. The van der Waals surface area contributed by atoms with Crippen LogP contribution in [0.25, 0.3) is 0 Å². The van der Waals surface area contributed by atoms with Crippen molar-refractivity contribution in [3.63, 3.8) is 0 Å². The largest absolute Gasteiger partial charge is 0.330 e. The minimum absolute atomic E-state index is 0.839. The highest BCUT2D eigenvalue weighted by atomic mass is 35.7. The molecule has 80 valence electrons. The molecule has 2 N–H and O–H groups in total. The molecule has 0 rings (SSSR count). The summed E-state index contributed by atoms with van der Waals surface area (Å²) in [6, 6.07) is 1.08. The third-order valence-electron chi connectivity index (χ3n) is 2.13. The second-order valence-corrected chi connectivity index (χ2v) is 8.63. The van der Waals surface area contributed by atoms with Gasteiger partial charge in [0.15, 0.2) is 0 Å². The van der Waals surface area contributed by atoms with E-state index in [2.05, 4.69) is 0 Å². The third kappa shape index (κ3) is 12.8. The zero-order valence-electron chi connectivity index (χ0n) is 8.27. The highest BCUT2D eigenvalue weighted by Crippen LogP contribution is 2.12. The molecule has 0 aliphatic rings. The van der Waals surface area contributed by atoms with E-state index in [1.165, 1.54) is 44.9 Å². The minimum Gasteiger partial charge on any atom is -0.330 e. The van der Waals surface area contributed by atoms with E-state index in [1.807, 2.05) is 0 Å². The maximum Gasteiger partial charge on any atom is 0.237 e. The summed E-state index contributed by atoms with van der Waals surface area (Å²) in [5, 5.41) is 0. The Labute approximate surface area is 93.0 Å². The van der Waals surface area contributed by atoms with Crippen LogP contribution in [0.4, 0.5) is 0 Å². The Kier molecular flexibility index (Phi) is 11.5. The highest BCUT2D eigenvalue weighted by Gasteiger charge is 2.00. The third-order valence-corrected chi connectivity index (χ3v) is 4.28. The first kappa shape index (κ1) is 13.8. The van der Waals surface area contributed by atoms with Gasteiger partial charge in [-0.25, -0.2) is 0 Å². The standard InChI is InChI=1S/C9H21Cl2NSi/c10-13(11)9-7-5-3-1-2-4-6-8-12/h13H,1-9,12H2. The van der Waals surface area contributed by atoms with E-state index >= 15 is 0 Å². The lowest BCUT2D eigenvalue weighted by molar-refractivity contribution is 0.592. The first-order valence-corrected chi connectivity index (χ1v) is 9.56. The number of hydrogen-bond donors (Lipinski definition) is 1. The van der Waals surface area contributed by atoms with Gasteiger partial charge < -0.3 is 5.73 Å². The zero-order valence-corrected chi connectivity index (χ0v) is 10.9. The van der Waals surface area contributed by atoms with Gasteiger partial charge in [0, 0.05) is 0 Å². The van der Waals surface area contributed by atoms with E-state index in [9.17, 15) is 0 Å². The summed E-state index contributed by atoms with van der Waals surface area (Å²) >= 11 is 11.5. The molecule has 0 spiro atoms. The number of rotatable bonds is 9. The quantitative estimate of drug-likeness (QED) is 0.374. The van der Waals surface area contributed by atoms with Crippen molar-refractivity contribution in [2.75, 3.05) is 6.54 Å². The number of hydrogen-bond acceptors (Lipinski definition) is 1. The topological polar surface area (TPSA) is 26.0 Å². The first-order valence-electron chi connectivity index (χ1n) is 5.25. The monoisotopic (exact) mass is 241 g/mol. The molecular formula is C9H21Cl2NSi. The summed E-state index contributed by atoms with van der Waals surface area (Å²) in [7, 11) is -1.31. The van der Waals surface area contributed by atoms with Gasteiger partial charge in [0.25, 0.3) is 0 Å². The van der Waals surface area contributed by atoms with Crippen LogP contribution in [0.5, 0.6) is 0 Å². The van der Waals surface area contributed by atoms with Crippen LogP contribution in [-0.2, 0) is 0 Å². The van der Waals surface area contributed by atoms with E-state index in [-0.39, 0.29) is 0 Å². The Morgan fingerprint density at radius 2 is 1.23 bits per heavy atom. The van der Waals surface area contributed by atoms with Crippen LogP contribution in [0.3, 0.4) is 0 Å². The van der Waals surface area contributed by atoms with Crippen molar-refractivity contribution in [3.05, 3.63) is 0 Å². The summed E-state index contributed by atoms with van der Waals surface area (Å²) < 4.78 is 0. The molecule has 1 nitrogen and oxygen atoms in total. The molecule has 0 aliphatic heterocycles. The molecule has 0 saturated heterocycles. The summed E-state index contributed by atoms with van der Waals surface area (Å²) in [6.45, 7) is 0.839. The Morgan fingerprint density at radius 3 is 1.69 bits per heavy atom. The minimum atomic E-state index is -1.31. The Morgan fingerprint density at radius 1 is 0.769 bits per heavy atom. The molecule has 0 amide bonds. The molecule has 0 aromatic carbocycles. The van der Waals surface area contributed by atoms with Gasteiger partial charge in [0.1, 0.15) is 0 Å². The van der Waals surface area contributed by atoms with Gasteiger partial charge >= 0.3 is 0 Å². The Hall–Kier alpha value is 0.757.